The predicted molar refractivity (Wildman–Crippen MR) is 144 cm³/mol. The minimum Gasteiger partial charge on any atom is -0.365 e. The molecule has 1 saturated heterocycles. The number of ether oxygens (including phenoxy) is 1. The molecule has 35 heavy (non-hydrogen) atoms. The molecule has 0 aromatic heterocycles. The monoisotopic (exact) mass is 481 g/mol. The summed E-state index contributed by atoms with van der Waals surface area (Å²) in [6.45, 7) is 9.61. The van der Waals surface area contributed by atoms with Crippen molar-refractivity contribution in [1.82, 2.24) is 4.90 Å². The first-order valence-electron chi connectivity index (χ1n) is 13.0. The molecule has 3 heteroatoms. The molecule has 1 heterocycles. The second-order valence-electron chi connectivity index (χ2n) is 10.7. The van der Waals surface area contributed by atoms with E-state index in [1.807, 2.05) is 12.1 Å². The van der Waals surface area contributed by atoms with E-state index < -0.39 is 0 Å². The lowest BCUT2D eigenvalue weighted by Crippen LogP contribution is -2.38. The summed E-state index contributed by atoms with van der Waals surface area (Å²) in [6.07, 6.45) is 3.78. The molecule has 3 nitrogen and oxygen atoms in total. The molecular weight excluding hydrogens is 442 g/mol. The Morgan fingerprint density at radius 1 is 1.00 bits per heavy atom. The normalized spacial score (nSPS) is 16.2. The van der Waals surface area contributed by atoms with E-state index in [0.29, 0.717) is 6.42 Å². The Balaban J connectivity index is 1.24. The molecule has 0 bridgehead atoms. The third-order valence-electron chi connectivity index (χ3n) is 7.02. The fraction of sp³-hybridized carbons (Fsp3) is 0.406. The first-order valence-corrected chi connectivity index (χ1v) is 13.0. The van der Waals surface area contributed by atoms with E-state index in [1.54, 1.807) is 0 Å². The van der Waals surface area contributed by atoms with Crippen LogP contribution in [0, 0.1) is 0 Å². The van der Waals surface area contributed by atoms with Crippen LogP contribution in [0.15, 0.2) is 84.9 Å². The van der Waals surface area contributed by atoms with Crippen LogP contribution in [0.4, 0.5) is 0 Å². The van der Waals surface area contributed by atoms with Crippen LogP contribution in [0.2, 0.25) is 0 Å². The molecule has 0 saturated carbocycles. The van der Waals surface area contributed by atoms with E-state index in [1.165, 1.54) is 16.7 Å². The number of piperidine rings is 1. The van der Waals surface area contributed by atoms with E-state index in [4.69, 9.17) is 4.74 Å². The smallest absolute Gasteiger partial charge is 0.162 e. The highest BCUT2D eigenvalue weighted by Crippen LogP contribution is 2.30. The molecule has 4 rings (SSSR count). The maximum atomic E-state index is 12.7. The topological polar surface area (TPSA) is 29.5 Å². The van der Waals surface area contributed by atoms with E-state index in [0.717, 1.165) is 44.5 Å². The standard InChI is InChI=1S/C32H39NO2/c1-32(2,3)28-18-16-25(17-19-28)30(34)15-10-22-33-23-20-29(21-24-33)35-31(26-11-6-4-7-12-26)27-13-8-5-9-14-27/h4-9,11-14,16-19,29,31H,10,15,20-24H2,1-3H3/i4+2,6+2,7+2,11+2,12+2,26+2. The summed E-state index contributed by atoms with van der Waals surface area (Å²) in [5, 5.41) is 0. The molecule has 1 unspecified atom stereocenters. The Labute approximate surface area is 211 Å². The molecule has 3 aromatic rings. The second kappa shape index (κ2) is 11.8. The Hall–Kier alpha value is -2.75. The molecule has 1 fully saturated rings. The maximum absolute atomic E-state index is 12.7. The first-order chi connectivity index (χ1) is 16.9. The molecule has 0 radical (unpaired) electrons. The molecular formula is C32H39NO2. The predicted octanol–water partition coefficient (Wildman–Crippen LogP) is 7.22. The SMILES string of the molecule is CC(C)(C)c1ccc(C(=O)CCCN2CCC(OC(c3ccccc3)[14c]3[14cH][14cH][14cH][14cH][14cH]3)CC2)cc1. The lowest BCUT2D eigenvalue weighted by Gasteiger charge is -2.34. The molecule has 0 aliphatic carbocycles. The molecule has 0 N–H and O–H groups in total. The van der Waals surface area contributed by atoms with Gasteiger partial charge in [0.05, 0.1) is 6.10 Å². The van der Waals surface area contributed by atoms with Crippen LogP contribution in [-0.2, 0) is 10.2 Å². The van der Waals surface area contributed by atoms with Crippen LogP contribution in [0.25, 0.3) is 0 Å². The quantitative estimate of drug-likeness (QED) is 0.302. The van der Waals surface area contributed by atoms with Crippen molar-refractivity contribution in [3.63, 3.8) is 0 Å². The molecule has 1 aliphatic heterocycles. The summed E-state index contributed by atoms with van der Waals surface area (Å²) in [5.41, 5.74) is 4.61. The zero-order valence-electron chi connectivity index (χ0n) is 21.5. The average Bonchev–Trinajstić information content (AvgIpc) is 2.88. The van der Waals surface area contributed by atoms with Crippen LogP contribution in [0.1, 0.15) is 79.6 Å². The van der Waals surface area contributed by atoms with Gasteiger partial charge in [0.1, 0.15) is 6.10 Å². The third kappa shape index (κ3) is 7.13. The van der Waals surface area contributed by atoms with Crippen LogP contribution < -0.4 is 0 Å². The number of rotatable bonds is 9. The van der Waals surface area contributed by atoms with Crippen LogP contribution in [-0.4, -0.2) is 36.4 Å². The Morgan fingerprint density at radius 2 is 1.66 bits per heavy atom. The Kier molecular flexibility index (Phi) is 8.54. The summed E-state index contributed by atoms with van der Waals surface area (Å²) in [4.78, 5) is 15.1. The van der Waals surface area contributed by atoms with Gasteiger partial charge in [-0.2, -0.15) is 0 Å². The van der Waals surface area contributed by atoms with E-state index in [9.17, 15) is 4.79 Å². The van der Waals surface area contributed by atoms with Crippen LogP contribution in [0.5, 0.6) is 0 Å². The molecule has 184 valence electrons. The first kappa shape index (κ1) is 25.3. The fourth-order valence-corrected chi connectivity index (χ4v) is 4.83. The van der Waals surface area contributed by atoms with Gasteiger partial charge in [0.15, 0.2) is 5.78 Å². The Bertz CT molecular complexity index is 1010. The van der Waals surface area contributed by atoms with Crippen molar-refractivity contribution in [2.24, 2.45) is 0 Å². The minimum atomic E-state index is -0.0313. The van der Waals surface area contributed by atoms with Crippen LogP contribution >= 0.6 is 0 Å². The van der Waals surface area contributed by atoms with Crippen LogP contribution in [0.3, 0.4) is 0 Å². The number of nitrogens with zero attached hydrogens (tertiary/aromatic N) is 1. The molecule has 1 atom stereocenters. The van der Waals surface area contributed by atoms with E-state index in [-0.39, 0.29) is 23.4 Å². The second-order valence-corrected chi connectivity index (χ2v) is 10.7. The molecule has 3 aromatic carbocycles. The summed E-state index contributed by atoms with van der Waals surface area (Å²) >= 11 is 0. The van der Waals surface area contributed by atoms with Gasteiger partial charge in [0, 0.05) is 25.1 Å². The van der Waals surface area contributed by atoms with Crippen molar-refractivity contribution in [3.8, 4) is 0 Å². The lowest BCUT2D eigenvalue weighted by atomic mass is 9.86. The molecule has 0 amide bonds. The van der Waals surface area contributed by atoms with Crippen molar-refractivity contribution >= 4 is 5.78 Å². The number of carbonyl (C=O) groups excluding carboxylic acids is 1. The minimum absolute atomic E-state index is 0.0313. The van der Waals surface area contributed by atoms with Gasteiger partial charge in [-0.15, -0.1) is 0 Å². The van der Waals surface area contributed by atoms with E-state index >= 15 is 0 Å². The zero-order valence-corrected chi connectivity index (χ0v) is 21.5. The number of carbonyl (C=O) groups is 1. The summed E-state index contributed by atoms with van der Waals surface area (Å²) < 4.78 is 6.67. The van der Waals surface area contributed by atoms with Gasteiger partial charge >= 0.3 is 0 Å². The van der Waals surface area contributed by atoms with E-state index in [2.05, 4.69) is 98.5 Å². The number of benzene rings is 3. The summed E-state index contributed by atoms with van der Waals surface area (Å²) in [7, 11) is 0. The number of ketones is 1. The number of hydrogen-bond acceptors (Lipinski definition) is 3. The summed E-state index contributed by atoms with van der Waals surface area (Å²) in [6, 6.07) is 29.2. The van der Waals surface area contributed by atoms with Crippen molar-refractivity contribution in [1.29, 1.82) is 0 Å². The highest BCUT2D eigenvalue weighted by molar-refractivity contribution is 5.96. The van der Waals surface area contributed by atoms with Crippen molar-refractivity contribution in [2.75, 3.05) is 19.6 Å². The zero-order chi connectivity index (χ0) is 24.7. The number of Topliss-reactive ketones (excluding diaryl/α,β-unsaturated/α-hetero) is 1. The highest BCUT2D eigenvalue weighted by Gasteiger charge is 2.24. The van der Waals surface area contributed by atoms with Gasteiger partial charge in [-0.05, 0) is 47.9 Å². The molecule has 0 spiro atoms. The largest absolute Gasteiger partial charge is 0.365 e. The Morgan fingerprint density at radius 3 is 2.29 bits per heavy atom. The number of hydrogen-bond donors (Lipinski definition) is 0. The number of likely N-dealkylation sites (tertiary alicyclic amines) is 1. The fourth-order valence-electron chi connectivity index (χ4n) is 4.83. The van der Waals surface area contributed by atoms with Gasteiger partial charge in [-0.3, -0.25) is 4.79 Å². The summed E-state index contributed by atoms with van der Waals surface area (Å²) in [5.74, 6) is 0.247. The van der Waals surface area contributed by atoms with Gasteiger partial charge < -0.3 is 9.64 Å². The van der Waals surface area contributed by atoms with Crippen molar-refractivity contribution in [2.45, 2.75) is 64.1 Å². The van der Waals surface area contributed by atoms with Gasteiger partial charge in [-0.1, -0.05) is 106 Å². The third-order valence-corrected chi connectivity index (χ3v) is 7.02. The highest BCUT2D eigenvalue weighted by atomic mass is 16.5. The maximum Gasteiger partial charge on any atom is 0.162 e. The lowest BCUT2D eigenvalue weighted by molar-refractivity contribution is -0.0270. The van der Waals surface area contributed by atoms with Gasteiger partial charge in [-0.25, -0.2) is 0 Å². The molecule has 1 aliphatic rings. The van der Waals surface area contributed by atoms with Crippen molar-refractivity contribution < 1.29 is 9.53 Å². The van der Waals surface area contributed by atoms with Crippen molar-refractivity contribution in [3.05, 3.63) is 107 Å². The average molecular weight is 482 g/mol. The van der Waals surface area contributed by atoms with Gasteiger partial charge in [0.25, 0.3) is 0 Å². The van der Waals surface area contributed by atoms with Gasteiger partial charge in [0.2, 0.25) is 0 Å².